The summed E-state index contributed by atoms with van der Waals surface area (Å²) in [6, 6.07) is -0.250. The Morgan fingerprint density at radius 3 is 2.83 bits per heavy atom. The molecule has 2 atom stereocenters. The second kappa shape index (κ2) is 3.87. The van der Waals surface area contributed by atoms with Gasteiger partial charge in [0.05, 0.1) is 12.7 Å². The van der Waals surface area contributed by atoms with Crippen molar-refractivity contribution in [2.24, 2.45) is 0 Å². The molecule has 12 heavy (non-hydrogen) atoms. The number of ether oxygens (including phenoxy) is 1. The van der Waals surface area contributed by atoms with Crippen LogP contribution in [0.25, 0.3) is 0 Å². The standard InChI is InChI=1S/C8H15NO3/c1-3-12-8(11)7-4-6(10)5-9(7)2/h6-7,10H,3-5H2,1-2H3/t6?,7-/m0/s1. The molecule has 0 bridgehead atoms. The van der Waals surface area contributed by atoms with E-state index < -0.39 is 0 Å². The summed E-state index contributed by atoms with van der Waals surface area (Å²) in [6.45, 7) is 2.74. The third-order valence-corrected chi connectivity index (χ3v) is 2.08. The summed E-state index contributed by atoms with van der Waals surface area (Å²) in [5.74, 6) is -0.225. The first-order chi connectivity index (χ1) is 5.65. The summed E-state index contributed by atoms with van der Waals surface area (Å²) in [6.07, 6.45) is 0.111. The Hall–Kier alpha value is -0.610. The number of esters is 1. The van der Waals surface area contributed by atoms with E-state index in [1.165, 1.54) is 0 Å². The molecule has 0 aromatic heterocycles. The topological polar surface area (TPSA) is 49.8 Å². The molecule has 0 aliphatic carbocycles. The molecule has 1 aliphatic heterocycles. The van der Waals surface area contributed by atoms with Crippen LogP contribution >= 0.6 is 0 Å². The number of carbonyl (C=O) groups excluding carboxylic acids is 1. The molecule has 1 fully saturated rings. The highest BCUT2D eigenvalue weighted by Crippen LogP contribution is 2.16. The van der Waals surface area contributed by atoms with Crippen molar-refractivity contribution < 1.29 is 14.6 Å². The summed E-state index contributed by atoms with van der Waals surface area (Å²) in [7, 11) is 1.82. The van der Waals surface area contributed by atoms with E-state index in [1.54, 1.807) is 6.92 Å². The lowest BCUT2D eigenvalue weighted by Crippen LogP contribution is -2.34. The van der Waals surface area contributed by atoms with Crippen molar-refractivity contribution in [3.8, 4) is 0 Å². The van der Waals surface area contributed by atoms with Gasteiger partial charge in [-0.05, 0) is 14.0 Å². The third kappa shape index (κ3) is 1.95. The molecule has 0 aromatic rings. The number of hydrogen-bond acceptors (Lipinski definition) is 4. The summed E-state index contributed by atoms with van der Waals surface area (Å²) in [5.41, 5.74) is 0. The van der Waals surface area contributed by atoms with E-state index in [2.05, 4.69) is 0 Å². The molecule has 0 spiro atoms. The summed E-state index contributed by atoms with van der Waals surface area (Å²) < 4.78 is 4.85. The molecule has 1 N–H and O–H groups in total. The molecular weight excluding hydrogens is 158 g/mol. The highest BCUT2D eigenvalue weighted by molar-refractivity contribution is 5.76. The van der Waals surface area contributed by atoms with Gasteiger partial charge < -0.3 is 9.84 Å². The lowest BCUT2D eigenvalue weighted by atomic mass is 10.2. The van der Waals surface area contributed by atoms with Crippen molar-refractivity contribution >= 4 is 5.97 Å². The monoisotopic (exact) mass is 173 g/mol. The van der Waals surface area contributed by atoms with Crippen molar-refractivity contribution in [2.45, 2.75) is 25.5 Å². The minimum atomic E-state index is -0.385. The number of carbonyl (C=O) groups is 1. The van der Waals surface area contributed by atoms with E-state index in [9.17, 15) is 9.90 Å². The Balaban J connectivity index is 2.46. The van der Waals surface area contributed by atoms with Crippen molar-refractivity contribution in [3.05, 3.63) is 0 Å². The minimum absolute atomic E-state index is 0.225. The quantitative estimate of drug-likeness (QED) is 0.578. The number of aliphatic hydroxyl groups excluding tert-OH is 1. The van der Waals surface area contributed by atoms with Gasteiger partial charge in [0.1, 0.15) is 6.04 Å². The molecule has 1 rings (SSSR count). The van der Waals surface area contributed by atoms with Crippen LogP contribution < -0.4 is 0 Å². The average molecular weight is 173 g/mol. The smallest absolute Gasteiger partial charge is 0.323 e. The van der Waals surface area contributed by atoms with Crippen LogP contribution in [0.4, 0.5) is 0 Å². The van der Waals surface area contributed by atoms with Crippen LogP contribution in [0.15, 0.2) is 0 Å². The first kappa shape index (κ1) is 9.48. The Morgan fingerprint density at radius 2 is 2.42 bits per heavy atom. The number of likely N-dealkylation sites (N-methyl/N-ethyl adjacent to an activating group) is 1. The summed E-state index contributed by atoms with van der Waals surface area (Å²) in [4.78, 5) is 13.0. The maximum Gasteiger partial charge on any atom is 0.323 e. The van der Waals surface area contributed by atoms with Crippen LogP contribution in [-0.2, 0) is 9.53 Å². The molecule has 1 heterocycles. The Bertz CT molecular complexity index is 172. The van der Waals surface area contributed by atoms with E-state index >= 15 is 0 Å². The van der Waals surface area contributed by atoms with E-state index in [0.29, 0.717) is 19.6 Å². The van der Waals surface area contributed by atoms with Gasteiger partial charge in [-0.2, -0.15) is 0 Å². The van der Waals surface area contributed by atoms with Crippen LogP contribution in [0.2, 0.25) is 0 Å². The molecule has 4 nitrogen and oxygen atoms in total. The Morgan fingerprint density at radius 1 is 1.75 bits per heavy atom. The maximum absolute atomic E-state index is 11.2. The van der Waals surface area contributed by atoms with Gasteiger partial charge >= 0.3 is 5.97 Å². The van der Waals surface area contributed by atoms with Crippen LogP contribution in [-0.4, -0.2) is 48.3 Å². The lowest BCUT2D eigenvalue weighted by Gasteiger charge is -2.16. The molecular formula is C8H15NO3. The molecule has 0 amide bonds. The van der Waals surface area contributed by atoms with Crippen LogP contribution in [0.5, 0.6) is 0 Å². The number of likely N-dealkylation sites (tertiary alicyclic amines) is 1. The zero-order valence-corrected chi connectivity index (χ0v) is 7.49. The molecule has 0 aromatic carbocycles. The fraction of sp³-hybridized carbons (Fsp3) is 0.875. The highest BCUT2D eigenvalue weighted by atomic mass is 16.5. The lowest BCUT2D eigenvalue weighted by molar-refractivity contribution is -0.148. The van der Waals surface area contributed by atoms with Crippen molar-refractivity contribution in [1.29, 1.82) is 0 Å². The largest absolute Gasteiger partial charge is 0.465 e. The summed E-state index contributed by atoms with van der Waals surface area (Å²) in [5, 5.41) is 9.24. The predicted molar refractivity (Wildman–Crippen MR) is 43.7 cm³/mol. The minimum Gasteiger partial charge on any atom is -0.465 e. The molecule has 4 heteroatoms. The molecule has 0 saturated carbocycles. The average Bonchev–Trinajstić information content (AvgIpc) is 2.30. The van der Waals surface area contributed by atoms with E-state index in [4.69, 9.17) is 4.74 Å². The van der Waals surface area contributed by atoms with Gasteiger partial charge in [-0.25, -0.2) is 0 Å². The second-order valence-corrected chi connectivity index (χ2v) is 3.10. The number of aliphatic hydroxyl groups is 1. The van der Waals surface area contributed by atoms with Crippen molar-refractivity contribution in [3.63, 3.8) is 0 Å². The van der Waals surface area contributed by atoms with E-state index in [0.717, 1.165) is 0 Å². The van der Waals surface area contributed by atoms with Gasteiger partial charge in [0, 0.05) is 13.0 Å². The van der Waals surface area contributed by atoms with Crippen LogP contribution in [0, 0.1) is 0 Å². The van der Waals surface area contributed by atoms with E-state index in [1.807, 2.05) is 11.9 Å². The Labute approximate surface area is 72.1 Å². The molecule has 70 valence electrons. The number of rotatable bonds is 2. The first-order valence-corrected chi connectivity index (χ1v) is 4.20. The molecule has 1 unspecified atom stereocenters. The maximum atomic E-state index is 11.2. The van der Waals surface area contributed by atoms with Crippen molar-refractivity contribution in [1.82, 2.24) is 4.90 Å². The molecule has 1 aliphatic rings. The first-order valence-electron chi connectivity index (χ1n) is 4.20. The predicted octanol–water partition coefficient (Wildman–Crippen LogP) is -0.386. The van der Waals surface area contributed by atoms with Gasteiger partial charge in [-0.15, -0.1) is 0 Å². The fourth-order valence-electron chi connectivity index (χ4n) is 1.49. The zero-order chi connectivity index (χ0) is 9.14. The van der Waals surface area contributed by atoms with Gasteiger partial charge in [-0.1, -0.05) is 0 Å². The van der Waals surface area contributed by atoms with Crippen LogP contribution in [0.1, 0.15) is 13.3 Å². The second-order valence-electron chi connectivity index (χ2n) is 3.10. The number of hydrogen-bond donors (Lipinski definition) is 1. The fourth-order valence-corrected chi connectivity index (χ4v) is 1.49. The Kier molecular flexibility index (Phi) is 3.05. The van der Waals surface area contributed by atoms with Gasteiger partial charge in [0.2, 0.25) is 0 Å². The zero-order valence-electron chi connectivity index (χ0n) is 7.49. The number of nitrogens with zero attached hydrogens (tertiary/aromatic N) is 1. The highest BCUT2D eigenvalue weighted by Gasteiger charge is 2.34. The van der Waals surface area contributed by atoms with E-state index in [-0.39, 0.29) is 18.1 Å². The number of β-amino-alcohol motifs (C(OH)–C–C–N with tert-alkyl or cyclic N) is 1. The normalized spacial score (nSPS) is 30.6. The van der Waals surface area contributed by atoms with Gasteiger partial charge in [0.15, 0.2) is 0 Å². The van der Waals surface area contributed by atoms with Crippen LogP contribution in [0.3, 0.4) is 0 Å². The summed E-state index contributed by atoms with van der Waals surface area (Å²) >= 11 is 0. The molecule has 1 saturated heterocycles. The van der Waals surface area contributed by atoms with Crippen molar-refractivity contribution in [2.75, 3.05) is 20.2 Å². The molecule has 0 radical (unpaired) electrons. The van der Waals surface area contributed by atoms with Gasteiger partial charge in [0.25, 0.3) is 0 Å². The van der Waals surface area contributed by atoms with Gasteiger partial charge in [-0.3, -0.25) is 9.69 Å². The third-order valence-electron chi connectivity index (χ3n) is 2.08. The SMILES string of the molecule is CCOC(=O)[C@@H]1CC(O)CN1C.